The average molecular weight is 335 g/mol. The van der Waals surface area contributed by atoms with Crippen molar-refractivity contribution in [1.29, 1.82) is 0 Å². The van der Waals surface area contributed by atoms with E-state index in [1.54, 1.807) is 18.2 Å². The van der Waals surface area contributed by atoms with E-state index >= 15 is 0 Å². The second-order valence-corrected chi connectivity index (χ2v) is 5.02. The van der Waals surface area contributed by atoms with E-state index in [2.05, 4.69) is 15.3 Å². The van der Waals surface area contributed by atoms with Crippen LogP contribution in [-0.2, 0) is 4.79 Å². The molecule has 0 saturated carbocycles. The molecular formula is C19H14FN3O2. The molecule has 25 heavy (non-hydrogen) atoms. The highest BCUT2D eigenvalue weighted by Crippen LogP contribution is 2.21. The van der Waals surface area contributed by atoms with Gasteiger partial charge in [0.15, 0.2) is 11.6 Å². The number of amides is 1. The summed E-state index contributed by atoms with van der Waals surface area (Å²) in [4.78, 5) is 19.8. The van der Waals surface area contributed by atoms with Crippen molar-refractivity contribution in [2.24, 2.45) is 0 Å². The van der Waals surface area contributed by atoms with Crippen molar-refractivity contribution in [3.8, 4) is 11.8 Å². The molecule has 1 amide bonds. The van der Waals surface area contributed by atoms with Gasteiger partial charge in [-0.05, 0) is 23.8 Å². The summed E-state index contributed by atoms with van der Waals surface area (Å²) in [7, 11) is 0. The lowest BCUT2D eigenvalue weighted by molar-refractivity contribution is -0.111. The lowest BCUT2D eigenvalue weighted by Crippen LogP contribution is -2.08. The SMILES string of the molecule is O=C(C=Cc1ccccc1)Nc1cnc(Oc2ccccc2F)nc1. The Kier molecular flexibility index (Phi) is 5.11. The lowest BCUT2D eigenvalue weighted by atomic mass is 10.2. The van der Waals surface area contributed by atoms with Gasteiger partial charge in [-0.1, -0.05) is 42.5 Å². The Balaban J connectivity index is 1.60. The molecule has 6 heteroatoms. The third kappa shape index (κ3) is 4.71. The predicted octanol–water partition coefficient (Wildman–Crippen LogP) is 4.06. The monoisotopic (exact) mass is 335 g/mol. The van der Waals surface area contributed by atoms with Crippen molar-refractivity contribution < 1.29 is 13.9 Å². The second kappa shape index (κ2) is 7.83. The summed E-state index contributed by atoms with van der Waals surface area (Å²) < 4.78 is 18.8. The number of hydrogen-bond donors (Lipinski definition) is 1. The Morgan fingerprint density at radius 1 is 1.00 bits per heavy atom. The predicted molar refractivity (Wildman–Crippen MR) is 92.6 cm³/mol. The Labute approximate surface area is 143 Å². The topological polar surface area (TPSA) is 64.1 Å². The highest BCUT2D eigenvalue weighted by Gasteiger charge is 2.06. The normalized spacial score (nSPS) is 10.6. The van der Waals surface area contributed by atoms with Crippen LogP contribution in [0.25, 0.3) is 6.08 Å². The number of aromatic nitrogens is 2. The summed E-state index contributed by atoms with van der Waals surface area (Å²) in [5.74, 6) is -0.783. The number of anilines is 1. The Hall–Kier alpha value is -3.54. The van der Waals surface area contributed by atoms with Crippen LogP contribution in [0.4, 0.5) is 10.1 Å². The molecule has 1 N–H and O–H groups in total. The van der Waals surface area contributed by atoms with Gasteiger partial charge in [0.25, 0.3) is 0 Å². The van der Waals surface area contributed by atoms with E-state index in [9.17, 15) is 9.18 Å². The summed E-state index contributed by atoms with van der Waals surface area (Å²) in [6.07, 6.45) is 5.89. The van der Waals surface area contributed by atoms with E-state index < -0.39 is 5.82 Å². The molecule has 0 saturated heterocycles. The summed E-state index contributed by atoms with van der Waals surface area (Å²) in [6, 6.07) is 15.4. The molecule has 5 nitrogen and oxygen atoms in total. The van der Waals surface area contributed by atoms with Gasteiger partial charge in [0.05, 0.1) is 18.1 Å². The fourth-order valence-corrected chi connectivity index (χ4v) is 1.98. The largest absolute Gasteiger partial charge is 0.421 e. The van der Waals surface area contributed by atoms with Crippen LogP contribution in [0, 0.1) is 5.82 Å². The van der Waals surface area contributed by atoms with Crippen LogP contribution >= 0.6 is 0 Å². The van der Waals surface area contributed by atoms with E-state index in [1.807, 2.05) is 30.3 Å². The van der Waals surface area contributed by atoms with Crippen LogP contribution in [0.1, 0.15) is 5.56 Å². The zero-order valence-corrected chi connectivity index (χ0v) is 13.1. The summed E-state index contributed by atoms with van der Waals surface area (Å²) in [5, 5.41) is 2.63. The smallest absolute Gasteiger partial charge is 0.322 e. The Morgan fingerprint density at radius 3 is 2.40 bits per heavy atom. The minimum absolute atomic E-state index is 0.0112. The van der Waals surface area contributed by atoms with Crippen molar-refractivity contribution in [3.05, 3.63) is 84.4 Å². The highest BCUT2D eigenvalue weighted by atomic mass is 19.1. The van der Waals surface area contributed by atoms with Crippen molar-refractivity contribution in [1.82, 2.24) is 9.97 Å². The zero-order chi connectivity index (χ0) is 17.5. The van der Waals surface area contributed by atoms with E-state index in [4.69, 9.17) is 4.74 Å². The van der Waals surface area contributed by atoms with Crippen LogP contribution < -0.4 is 10.1 Å². The first-order valence-corrected chi connectivity index (χ1v) is 7.49. The molecular weight excluding hydrogens is 321 g/mol. The van der Waals surface area contributed by atoms with Gasteiger partial charge in [0.1, 0.15) is 0 Å². The van der Waals surface area contributed by atoms with Crippen molar-refractivity contribution >= 4 is 17.7 Å². The summed E-state index contributed by atoms with van der Waals surface area (Å²) >= 11 is 0. The number of ether oxygens (including phenoxy) is 1. The van der Waals surface area contributed by atoms with E-state index in [1.165, 1.54) is 30.6 Å². The maximum absolute atomic E-state index is 13.5. The standard InChI is InChI=1S/C19H14FN3O2/c20-16-8-4-5-9-17(16)25-19-21-12-15(13-22-19)23-18(24)11-10-14-6-2-1-3-7-14/h1-13H,(H,23,24). The van der Waals surface area contributed by atoms with Crippen LogP contribution in [-0.4, -0.2) is 15.9 Å². The third-order valence-electron chi connectivity index (χ3n) is 3.16. The maximum Gasteiger partial charge on any atom is 0.322 e. The molecule has 1 aromatic heterocycles. The molecule has 124 valence electrons. The van der Waals surface area contributed by atoms with Gasteiger partial charge in [0.2, 0.25) is 5.91 Å². The molecule has 3 rings (SSSR count). The van der Waals surface area contributed by atoms with Crippen molar-refractivity contribution in [2.75, 3.05) is 5.32 Å². The molecule has 3 aromatic rings. The molecule has 0 aliphatic heterocycles. The van der Waals surface area contributed by atoms with Gasteiger partial charge in [-0.15, -0.1) is 0 Å². The van der Waals surface area contributed by atoms with E-state index in [-0.39, 0.29) is 17.7 Å². The quantitative estimate of drug-likeness (QED) is 0.714. The number of benzene rings is 2. The Morgan fingerprint density at radius 2 is 1.68 bits per heavy atom. The molecule has 0 fully saturated rings. The lowest BCUT2D eigenvalue weighted by Gasteiger charge is -2.05. The van der Waals surface area contributed by atoms with Gasteiger partial charge in [0, 0.05) is 6.08 Å². The third-order valence-corrected chi connectivity index (χ3v) is 3.16. The minimum atomic E-state index is -0.505. The number of hydrogen-bond acceptors (Lipinski definition) is 4. The number of rotatable bonds is 5. The molecule has 0 aliphatic carbocycles. The van der Waals surface area contributed by atoms with Crippen LogP contribution in [0.3, 0.4) is 0 Å². The highest BCUT2D eigenvalue weighted by molar-refractivity contribution is 6.01. The molecule has 1 heterocycles. The fraction of sp³-hybridized carbons (Fsp3) is 0. The van der Waals surface area contributed by atoms with Gasteiger partial charge in [-0.25, -0.2) is 14.4 Å². The summed E-state index contributed by atoms with van der Waals surface area (Å²) in [6.45, 7) is 0. The van der Waals surface area contributed by atoms with Gasteiger partial charge in [-0.2, -0.15) is 0 Å². The first-order chi connectivity index (χ1) is 12.2. The molecule has 0 atom stereocenters. The molecule has 2 aromatic carbocycles. The Bertz CT molecular complexity index is 881. The van der Waals surface area contributed by atoms with E-state index in [0.29, 0.717) is 5.69 Å². The van der Waals surface area contributed by atoms with Crippen LogP contribution in [0.5, 0.6) is 11.8 Å². The fourth-order valence-electron chi connectivity index (χ4n) is 1.98. The first-order valence-electron chi connectivity index (χ1n) is 7.49. The van der Waals surface area contributed by atoms with Crippen molar-refractivity contribution in [3.63, 3.8) is 0 Å². The number of carbonyl (C=O) groups excluding carboxylic acids is 1. The summed E-state index contributed by atoms with van der Waals surface area (Å²) in [5.41, 5.74) is 1.33. The number of carbonyl (C=O) groups is 1. The molecule has 0 spiro atoms. The van der Waals surface area contributed by atoms with Gasteiger partial charge >= 0.3 is 6.01 Å². The second-order valence-electron chi connectivity index (χ2n) is 5.02. The number of halogens is 1. The average Bonchev–Trinajstić information content (AvgIpc) is 2.64. The first kappa shape index (κ1) is 16.3. The van der Waals surface area contributed by atoms with Crippen LogP contribution in [0.15, 0.2) is 73.1 Å². The number of nitrogens with one attached hydrogen (secondary N) is 1. The molecule has 0 bridgehead atoms. The number of nitrogens with zero attached hydrogens (tertiary/aromatic N) is 2. The maximum atomic E-state index is 13.5. The number of para-hydroxylation sites is 1. The van der Waals surface area contributed by atoms with Gasteiger partial charge < -0.3 is 10.1 Å². The van der Waals surface area contributed by atoms with E-state index in [0.717, 1.165) is 5.56 Å². The molecule has 0 radical (unpaired) electrons. The minimum Gasteiger partial charge on any atom is -0.421 e. The molecule has 0 aliphatic rings. The van der Waals surface area contributed by atoms with Crippen molar-refractivity contribution in [2.45, 2.75) is 0 Å². The van der Waals surface area contributed by atoms with Gasteiger partial charge in [-0.3, -0.25) is 4.79 Å². The van der Waals surface area contributed by atoms with Crippen LogP contribution in [0.2, 0.25) is 0 Å². The molecule has 0 unspecified atom stereocenters. The zero-order valence-electron chi connectivity index (χ0n) is 13.1.